The van der Waals surface area contributed by atoms with Crippen LogP contribution >= 0.6 is 39.3 Å². The van der Waals surface area contributed by atoms with Gasteiger partial charge in [0.15, 0.2) is 0 Å². The van der Waals surface area contributed by atoms with Crippen molar-refractivity contribution in [3.8, 4) is 5.75 Å². The summed E-state index contributed by atoms with van der Waals surface area (Å²) in [6.07, 6.45) is 2.52. The Bertz CT molecular complexity index is 946. The maximum atomic E-state index is 14.0. The van der Waals surface area contributed by atoms with Crippen LogP contribution in [-0.4, -0.2) is 22.7 Å². The molecule has 2 aromatic carbocycles. The summed E-state index contributed by atoms with van der Waals surface area (Å²) in [7, 11) is 0. The van der Waals surface area contributed by atoms with E-state index in [1.54, 1.807) is 18.2 Å². The zero-order chi connectivity index (χ0) is 20.3. The number of amides is 2. The number of thioether (sulfide) groups is 1. The summed E-state index contributed by atoms with van der Waals surface area (Å²) in [5.41, 5.74) is 0.859. The van der Waals surface area contributed by atoms with Gasteiger partial charge in [0.25, 0.3) is 11.1 Å². The molecule has 0 radical (unpaired) electrons. The predicted octanol–water partition coefficient (Wildman–Crippen LogP) is 6.27. The second kappa shape index (κ2) is 9.11. The lowest BCUT2D eigenvalue weighted by Gasteiger charge is -2.14. The van der Waals surface area contributed by atoms with Crippen molar-refractivity contribution in [3.63, 3.8) is 0 Å². The van der Waals surface area contributed by atoms with E-state index in [-0.39, 0.29) is 22.0 Å². The van der Waals surface area contributed by atoms with Gasteiger partial charge in [-0.05, 0) is 70.0 Å². The second-order valence-corrected chi connectivity index (χ2v) is 8.26. The predicted molar refractivity (Wildman–Crippen MR) is 113 cm³/mol. The van der Waals surface area contributed by atoms with E-state index >= 15 is 0 Å². The van der Waals surface area contributed by atoms with Crippen molar-refractivity contribution in [2.75, 3.05) is 6.61 Å². The van der Waals surface area contributed by atoms with Gasteiger partial charge in [-0.1, -0.05) is 30.7 Å². The highest BCUT2D eigenvalue weighted by Gasteiger charge is 2.35. The summed E-state index contributed by atoms with van der Waals surface area (Å²) in [6.45, 7) is 2.42. The lowest BCUT2D eigenvalue weighted by Crippen LogP contribution is -2.28. The Balaban J connectivity index is 1.80. The highest BCUT2D eigenvalue weighted by molar-refractivity contribution is 9.10. The van der Waals surface area contributed by atoms with Gasteiger partial charge in [-0.15, -0.1) is 0 Å². The molecule has 3 rings (SSSR count). The SMILES string of the molecule is CCCOc1ccc(/C=C2\SC(=O)N(Cc3c(F)cccc3Cl)C2=O)cc1Br. The molecule has 1 aliphatic rings. The number of carbonyl (C=O) groups excluding carboxylic acids is 2. The van der Waals surface area contributed by atoms with E-state index in [1.807, 2.05) is 13.0 Å². The van der Waals surface area contributed by atoms with Crippen LogP contribution in [0.3, 0.4) is 0 Å². The van der Waals surface area contributed by atoms with Crippen molar-refractivity contribution in [3.05, 3.63) is 67.7 Å². The third kappa shape index (κ3) is 4.59. The first-order chi connectivity index (χ1) is 13.4. The maximum absolute atomic E-state index is 14.0. The molecule has 0 aromatic heterocycles. The summed E-state index contributed by atoms with van der Waals surface area (Å²) >= 11 is 10.3. The van der Waals surface area contributed by atoms with Crippen LogP contribution in [0.4, 0.5) is 9.18 Å². The Morgan fingerprint density at radius 3 is 2.75 bits per heavy atom. The third-order valence-corrected chi connectivity index (χ3v) is 5.85. The number of carbonyl (C=O) groups is 2. The van der Waals surface area contributed by atoms with E-state index < -0.39 is 17.0 Å². The van der Waals surface area contributed by atoms with Crippen molar-refractivity contribution < 1.29 is 18.7 Å². The largest absolute Gasteiger partial charge is 0.492 e. The van der Waals surface area contributed by atoms with Gasteiger partial charge in [0.05, 0.1) is 22.5 Å². The van der Waals surface area contributed by atoms with Crippen molar-refractivity contribution in [1.29, 1.82) is 0 Å². The van der Waals surface area contributed by atoms with E-state index in [0.717, 1.165) is 33.1 Å². The summed E-state index contributed by atoms with van der Waals surface area (Å²) in [4.78, 5) is 26.2. The summed E-state index contributed by atoms with van der Waals surface area (Å²) in [5, 5.41) is -0.285. The van der Waals surface area contributed by atoms with Crippen molar-refractivity contribution in [2.45, 2.75) is 19.9 Å². The van der Waals surface area contributed by atoms with Crippen molar-refractivity contribution in [2.24, 2.45) is 0 Å². The fraction of sp³-hybridized carbons (Fsp3) is 0.200. The van der Waals surface area contributed by atoms with Crippen LogP contribution < -0.4 is 4.74 Å². The van der Waals surface area contributed by atoms with Gasteiger partial charge in [0, 0.05) is 10.6 Å². The van der Waals surface area contributed by atoms with E-state index in [0.29, 0.717) is 12.4 Å². The summed E-state index contributed by atoms with van der Waals surface area (Å²) < 4.78 is 20.4. The number of rotatable bonds is 6. The molecule has 4 nitrogen and oxygen atoms in total. The van der Waals surface area contributed by atoms with Gasteiger partial charge >= 0.3 is 0 Å². The smallest absolute Gasteiger partial charge is 0.293 e. The fourth-order valence-electron chi connectivity index (χ4n) is 2.57. The number of nitrogens with zero attached hydrogens (tertiary/aromatic N) is 1. The molecule has 0 atom stereocenters. The highest BCUT2D eigenvalue weighted by atomic mass is 79.9. The van der Waals surface area contributed by atoms with Gasteiger partial charge in [-0.3, -0.25) is 14.5 Å². The average Bonchev–Trinajstić information content (AvgIpc) is 2.91. The summed E-state index contributed by atoms with van der Waals surface area (Å²) in [6, 6.07) is 9.66. The minimum atomic E-state index is -0.554. The lowest BCUT2D eigenvalue weighted by molar-refractivity contribution is -0.123. The van der Waals surface area contributed by atoms with Gasteiger partial charge in [0.1, 0.15) is 11.6 Å². The standard InChI is InChI=1S/C20H16BrClFNO3S/c1-2-8-27-17-7-6-12(9-14(17)21)10-18-19(25)24(20(26)28-18)11-13-15(22)4-3-5-16(13)23/h3-7,9-10H,2,8,11H2,1H3/b18-10-. The molecule has 0 N–H and O–H groups in total. The van der Waals surface area contributed by atoms with Crippen LogP contribution in [0.5, 0.6) is 5.75 Å². The minimum Gasteiger partial charge on any atom is -0.492 e. The van der Waals surface area contributed by atoms with Crippen molar-refractivity contribution >= 4 is 56.5 Å². The number of imide groups is 1. The third-order valence-electron chi connectivity index (χ3n) is 3.97. The molecule has 2 amide bonds. The lowest BCUT2D eigenvalue weighted by atomic mass is 10.2. The van der Waals surface area contributed by atoms with Crippen LogP contribution in [0.25, 0.3) is 6.08 Å². The van der Waals surface area contributed by atoms with E-state index in [1.165, 1.54) is 18.2 Å². The number of hydrogen-bond donors (Lipinski definition) is 0. The molecular weight excluding hydrogens is 469 g/mol. The molecule has 146 valence electrons. The quantitative estimate of drug-likeness (QED) is 0.454. The molecular formula is C20H16BrClFNO3S. The Morgan fingerprint density at radius 1 is 1.29 bits per heavy atom. The molecule has 1 aliphatic heterocycles. The molecule has 2 aromatic rings. The molecule has 1 heterocycles. The first kappa shape index (κ1) is 20.9. The molecule has 0 unspecified atom stereocenters. The van der Waals surface area contributed by atoms with Gasteiger partial charge in [0.2, 0.25) is 0 Å². The topological polar surface area (TPSA) is 46.6 Å². The normalized spacial score (nSPS) is 15.6. The van der Waals surface area contributed by atoms with E-state index in [4.69, 9.17) is 16.3 Å². The molecule has 28 heavy (non-hydrogen) atoms. The monoisotopic (exact) mass is 483 g/mol. The number of ether oxygens (including phenoxy) is 1. The molecule has 0 saturated carbocycles. The Labute approximate surface area is 179 Å². The van der Waals surface area contributed by atoms with Crippen LogP contribution in [0, 0.1) is 5.82 Å². The first-order valence-electron chi connectivity index (χ1n) is 8.51. The average molecular weight is 485 g/mol. The minimum absolute atomic E-state index is 0.118. The second-order valence-electron chi connectivity index (χ2n) is 6.01. The Morgan fingerprint density at radius 2 is 2.07 bits per heavy atom. The summed E-state index contributed by atoms with van der Waals surface area (Å²) in [5.74, 6) is -0.319. The molecule has 0 spiro atoms. The molecule has 0 bridgehead atoms. The van der Waals surface area contributed by atoms with Gasteiger partial charge < -0.3 is 4.74 Å². The number of benzene rings is 2. The Kier molecular flexibility index (Phi) is 6.80. The first-order valence-corrected chi connectivity index (χ1v) is 10.5. The van der Waals surface area contributed by atoms with Crippen molar-refractivity contribution in [1.82, 2.24) is 4.90 Å². The van der Waals surface area contributed by atoms with E-state index in [9.17, 15) is 14.0 Å². The number of hydrogen-bond acceptors (Lipinski definition) is 4. The highest BCUT2D eigenvalue weighted by Crippen LogP contribution is 2.35. The fourth-order valence-corrected chi connectivity index (χ4v) is 4.14. The van der Waals surface area contributed by atoms with E-state index in [2.05, 4.69) is 15.9 Å². The van der Waals surface area contributed by atoms with Crippen LogP contribution in [0.2, 0.25) is 5.02 Å². The Hall–Kier alpha value is -1.83. The zero-order valence-electron chi connectivity index (χ0n) is 14.9. The molecule has 0 aliphatic carbocycles. The zero-order valence-corrected chi connectivity index (χ0v) is 18.0. The maximum Gasteiger partial charge on any atom is 0.293 e. The van der Waals surface area contributed by atoms with Crippen LogP contribution in [0.1, 0.15) is 24.5 Å². The number of halogens is 3. The van der Waals surface area contributed by atoms with Crippen LogP contribution in [-0.2, 0) is 11.3 Å². The molecule has 8 heteroatoms. The van der Waals surface area contributed by atoms with Crippen LogP contribution in [0.15, 0.2) is 45.8 Å². The molecule has 1 fully saturated rings. The van der Waals surface area contributed by atoms with Gasteiger partial charge in [-0.2, -0.15) is 0 Å². The molecule has 1 saturated heterocycles. The van der Waals surface area contributed by atoms with Gasteiger partial charge in [-0.25, -0.2) is 4.39 Å².